The van der Waals surface area contributed by atoms with Crippen LogP contribution >= 0.6 is 35.0 Å². The van der Waals surface area contributed by atoms with Gasteiger partial charge in [-0.2, -0.15) is 11.8 Å². The fourth-order valence-corrected chi connectivity index (χ4v) is 3.21. The molecule has 1 aromatic carbocycles. The van der Waals surface area contributed by atoms with Crippen LogP contribution in [0.15, 0.2) is 18.2 Å². The first kappa shape index (κ1) is 21.9. The molecule has 0 saturated heterocycles. The average Bonchev–Trinajstić information content (AvgIpc) is 3.45. The minimum atomic E-state index is -0.784. The summed E-state index contributed by atoms with van der Waals surface area (Å²) in [6.45, 7) is 0.176. The van der Waals surface area contributed by atoms with Crippen LogP contribution in [0.1, 0.15) is 29.6 Å². The van der Waals surface area contributed by atoms with Crippen molar-refractivity contribution in [1.82, 2.24) is 10.6 Å². The summed E-state index contributed by atoms with van der Waals surface area (Å²) >= 11 is 13.4. The molecular formula is C18H22Cl2N2O4S. The predicted octanol–water partition coefficient (Wildman–Crippen LogP) is 2.91. The Morgan fingerprint density at radius 3 is 2.67 bits per heavy atom. The van der Waals surface area contributed by atoms with Crippen molar-refractivity contribution in [2.45, 2.75) is 25.3 Å². The highest BCUT2D eigenvalue weighted by Crippen LogP contribution is 2.28. The number of amides is 2. The quantitative estimate of drug-likeness (QED) is 0.555. The van der Waals surface area contributed by atoms with Crippen molar-refractivity contribution in [2.75, 3.05) is 25.2 Å². The number of esters is 1. The number of benzene rings is 1. The van der Waals surface area contributed by atoms with Crippen LogP contribution in [0.3, 0.4) is 0 Å². The molecule has 1 aliphatic carbocycles. The van der Waals surface area contributed by atoms with E-state index in [-0.39, 0.29) is 17.1 Å². The Bertz CT molecular complexity index is 698. The number of ether oxygens (including phenoxy) is 1. The van der Waals surface area contributed by atoms with E-state index >= 15 is 0 Å². The van der Waals surface area contributed by atoms with Gasteiger partial charge in [-0.15, -0.1) is 0 Å². The molecule has 1 fully saturated rings. The lowest BCUT2D eigenvalue weighted by Gasteiger charge is -2.18. The minimum absolute atomic E-state index is 0.202. The highest BCUT2D eigenvalue weighted by atomic mass is 35.5. The summed E-state index contributed by atoms with van der Waals surface area (Å²) in [5.74, 6) is -0.271. The van der Waals surface area contributed by atoms with E-state index in [2.05, 4.69) is 10.6 Å². The van der Waals surface area contributed by atoms with Crippen LogP contribution in [0.2, 0.25) is 10.0 Å². The maximum Gasteiger partial charge on any atom is 0.325 e. The normalized spacial score (nSPS) is 14.3. The van der Waals surface area contributed by atoms with Gasteiger partial charge in [0.15, 0.2) is 0 Å². The van der Waals surface area contributed by atoms with Crippen LogP contribution in [-0.2, 0) is 14.3 Å². The summed E-state index contributed by atoms with van der Waals surface area (Å²) in [5, 5.41) is 5.81. The Hall–Kier alpha value is -1.44. The Kier molecular flexibility index (Phi) is 8.73. The molecule has 2 N–H and O–H groups in total. The highest BCUT2D eigenvalue weighted by molar-refractivity contribution is 7.98. The maximum absolute atomic E-state index is 12.5. The number of thioether (sulfide) groups is 1. The standard InChI is InChI=1S/C18H22Cl2N2O4S/c1-27-7-6-15(18(25)21-9-16(23)26-10-11-2-3-11)22-17(24)13-5-4-12(19)8-14(13)20/h4-5,8,11,15H,2-3,6-7,9-10H2,1H3,(H,21,25)(H,22,24). The van der Waals surface area contributed by atoms with E-state index in [9.17, 15) is 14.4 Å². The van der Waals surface area contributed by atoms with Gasteiger partial charge in [0, 0.05) is 5.02 Å². The molecule has 1 unspecified atom stereocenters. The number of halogens is 2. The lowest BCUT2D eigenvalue weighted by molar-refractivity contribution is -0.144. The van der Waals surface area contributed by atoms with Crippen LogP contribution in [0, 0.1) is 5.92 Å². The van der Waals surface area contributed by atoms with E-state index in [1.807, 2.05) is 6.26 Å². The summed E-state index contributed by atoms with van der Waals surface area (Å²) in [4.78, 5) is 36.6. The van der Waals surface area contributed by atoms with Crippen LogP contribution in [-0.4, -0.2) is 49.0 Å². The van der Waals surface area contributed by atoms with E-state index in [0.29, 0.717) is 29.7 Å². The highest BCUT2D eigenvalue weighted by Gasteiger charge is 2.25. The predicted molar refractivity (Wildman–Crippen MR) is 107 cm³/mol. The monoisotopic (exact) mass is 432 g/mol. The fourth-order valence-electron chi connectivity index (χ4n) is 2.24. The molecule has 0 bridgehead atoms. The second kappa shape index (κ2) is 10.8. The van der Waals surface area contributed by atoms with E-state index in [1.165, 1.54) is 12.1 Å². The Labute approximate surface area is 172 Å². The van der Waals surface area contributed by atoms with Gasteiger partial charge in [0.25, 0.3) is 5.91 Å². The molecular weight excluding hydrogens is 411 g/mol. The van der Waals surface area contributed by atoms with Crippen molar-refractivity contribution < 1.29 is 19.1 Å². The summed E-state index contributed by atoms with van der Waals surface area (Å²) in [6, 6.07) is 3.73. The minimum Gasteiger partial charge on any atom is -0.464 e. The second-order valence-electron chi connectivity index (χ2n) is 6.28. The molecule has 2 rings (SSSR count). The number of rotatable bonds is 10. The van der Waals surface area contributed by atoms with Crippen molar-refractivity contribution >= 4 is 52.7 Å². The topological polar surface area (TPSA) is 84.5 Å². The Morgan fingerprint density at radius 2 is 2.04 bits per heavy atom. The molecule has 0 aromatic heterocycles. The summed E-state index contributed by atoms with van der Waals surface area (Å²) < 4.78 is 5.08. The zero-order valence-corrected chi connectivity index (χ0v) is 17.3. The van der Waals surface area contributed by atoms with E-state index < -0.39 is 23.8 Å². The smallest absolute Gasteiger partial charge is 0.325 e. The lowest BCUT2D eigenvalue weighted by Crippen LogP contribution is -2.48. The van der Waals surface area contributed by atoms with Crippen molar-refractivity contribution in [3.05, 3.63) is 33.8 Å². The van der Waals surface area contributed by atoms with Gasteiger partial charge in [-0.3, -0.25) is 14.4 Å². The van der Waals surface area contributed by atoms with Gasteiger partial charge in [-0.05, 0) is 55.4 Å². The molecule has 27 heavy (non-hydrogen) atoms. The van der Waals surface area contributed by atoms with Gasteiger partial charge < -0.3 is 15.4 Å². The summed E-state index contributed by atoms with van der Waals surface area (Å²) in [5.41, 5.74) is 0.229. The maximum atomic E-state index is 12.5. The third kappa shape index (κ3) is 7.60. The molecule has 0 spiro atoms. The Balaban J connectivity index is 1.90. The average molecular weight is 433 g/mol. The molecule has 1 saturated carbocycles. The van der Waals surface area contributed by atoms with Crippen LogP contribution in [0.5, 0.6) is 0 Å². The first-order chi connectivity index (χ1) is 12.9. The second-order valence-corrected chi connectivity index (χ2v) is 8.11. The molecule has 1 aromatic rings. The third-order valence-electron chi connectivity index (χ3n) is 3.99. The van der Waals surface area contributed by atoms with Crippen molar-refractivity contribution in [3.8, 4) is 0 Å². The number of hydrogen-bond acceptors (Lipinski definition) is 5. The van der Waals surface area contributed by atoms with Gasteiger partial charge in [-0.25, -0.2) is 0 Å². The van der Waals surface area contributed by atoms with Crippen molar-refractivity contribution in [1.29, 1.82) is 0 Å². The van der Waals surface area contributed by atoms with Gasteiger partial charge >= 0.3 is 5.97 Å². The first-order valence-electron chi connectivity index (χ1n) is 8.59. The molecule has 9 heteroatoms. The Morgan fingerprint density at radius 1 is 1.30 bits per heavy atom. The van der Waals surface area contributed by atoms with E-state index in [0.717, 1.165) is 12.8 Å². The van der Waals surface area contributed by atoms with Crippen LogP contribution in [0.4, 0.5) is 0 Å². The van der Waals surface area contributed by atoms with Gasteiger partial charge in [0.2, 0.25) is 5.91 Å². The van der Waals surface area contributed by atoms with Gasteiger partial charge in [-0.1, -0.05) is 23.2 Å². The molecule has 2 amide bonds. The molecule has 1 atom stereocenters. The number of nitrogens with one attached hydrogen (secondary N) is 2. The molecule has 148 valence electrons. The lowest BCUT2D eigenvalue weighted by atomic mass is 10.1. The van der Waals surface area contributed by atoms with Crippen molar-refractivity contribution in [3.63, 3.8) is 0 Å². The summed E-state index contributed by atoms with van der Waals surface area (Å²) in [7, 11) is 0. The third-order valence-corrected chi connectivity index (χ3v) is 5.18. The summed E-state index contributed by atoms with van der Waals surface area (Å²) in [6.07, 6.45) is 4.48. The fraction of sp³-hybridized carbons (Fsp3) is 0.500. The van der Waals surface area contributed by atoms with Crippen LogP contribution in [0.25, 0.3) is 0 Å². The first-order valence-corrected chi connectivity index (χ1v) is 10.7. The van der Waals surface area contributed by atoms with E-state index in [1.54, 1.807) is 17.8 Å². The number of carbonyl (C=O) groups is 3. The van der Waals surface area contributed by atoms with Gasteiger partial charge in [0.1, 0.15) is 12.6 Å². The van der Waals surface area contributed by atoms with Crippen LogP contribution < -0.4 is 10.6 Å². The molecule has 0 radical (unpaired) electrons. The number of hydrogen-bond donors (Lipinski definition) is 2. The molecule has 0 aliphatic heterocycles. The zero-order chi connectivity index (χ0) is 19.8. The van der Waals surface area contributed by atoms with Gasteiger partial charge in [0.05, 0.1) is 17.2 Å². The largest absolute Gasteiger partial charge is 0.464 e. The molecule has 6 nitrogen and oxygen atoms in total. The van der Waals surface area contributed by atoms with Crippen molar-refractivity contribution in [2.24, 2.45) is 5.92 Å². The molecule has 0 heterocycles. The zero-order valence-electron chi connectivity index (χ0n) is 14.9. The molecule has 1 aliphatic rings. The van der Waals surface area contributed by atoms with E-state index in [4.69, 9.17) is 27.9 Å². The SMILES string of the molecule is CSCCC(NC(=O)c1ccc(Cl)cc1Cl)C(=O)NCC(=O)OCC1CC1. The number of carbonyl (C=O) groups excluding carboxylic acids is 3.